The van der Waals surface area contributed by atoms with Crippen LogP contribution in [0.15, 0.2) is 30.6 Å². The van der Waals surface area contributed by atoms with Crippen LogP contribution in [0.3, 0.4) is 0 Å². The number of carbonyl (C=O) groups excluding carboxylic acids is 1. The van der Waals surface area contributed by atoms with Gasteiger partial charge in [0, 0.05) is 18.2 Å². The van der Waals surface area contributed by atoms with E-state index in [2.05, 4.69) is 20.4 Å². The summed E-state index contributed by atoms with van der Waals surface area (Å²) in [5.41, 5.74) is 1.54. The third-order valence-corrected chi connectivity index (χ3v) is 5.21. The molecule has 0 bridgehead atoms. The predicted octanol–water partition coefficient (Wildman–Crippen LogP) is 2.46. The second-order valence-corrected chi connectivity index (χ2v) is 6.56. The van der Waals surface area contributed by atoms with Crippen LogP contribution in [0.25, 0.3) is 5.69 Å². The van der Waals surface area contributed by atoms with Crippen molar-refractivity contribution in [1.82, 2.24) is 25.1 Å². The number of nitrogens with zero attached hydrogens (tertiary/aromatic N) is 5. The van der Waals surface area contributed by atoms with E-state index in [1.165, 1.54) is 25.7 Å². The molecule has 1 aromatic carbocycles. The number of rotatable bonds is 2. The lowest BCUT2D eigenvalue weighted by Gasteiger charge is -2.44. The molecule has 1 amide bonds. The van der Waals surface area contributed by atoms with Gasteiger partial charge in [0.1, 0.15) is 6.33 Å². The molecule has 23 heavy (non-hydrogen) atoms. The van der Waals surface area contributed by atoms with Gasteiger partial charge in [0.15, 0.2) is 0 Å². The second kappa shape index (κ2) is 6.10. The fraction of sp³-hybridized carbons (Fsp3) is 0.529. The third kappa shape index (κ3) is 2.73. The lowest BCUT2D eigenvalue weighted by Crippen LogP contribution is -2.49. The lowest BCUT2D eigenvalue weighted by atomic mass is 9.78. The SMILES string of the molecule is O=C(c1cccc(-n2cnnn2)c1)N1CCCC2CCCCC21. The van der Waals surface area contributed by atoms with Gasteiger partial charge in [0.25, 0.3) is 5.91 Å². The highest BCUT2D eigenvalue weighted by Gasteiger charge is 2.35. The second-order valence-electron chi connectivity index (χ2n) is 6.56. The van der Waals surface area contributed by atoms with Crippen LogP contribution in [0.1, 0.15) is 48.9 Å². The van der Waals surface area contributed by atoms with Crippen LogP contribution in [0, 0.1) is 5.92 Å². The molecule has 4 rings (SSSR count). The molecule has 0 N–H and O–H groups in total. The minimum Gasteiger partial charge on any atom is -0.335 e. The summed E-state index contributed by atoms with van der Waals surface area (Å²) in [6.45, 7) is 0.884. The Kier molecular flexibility index (Phi) is 3.81. The molecule has 1 aliphatic heterocycles. The Morgan fingerprint density at radius 3 is 2.87 bits per heavy atom. The number of benzene rings is 1. The van der Waals surface area contributed by atoms with Gasteiger partial charge in [-0.15, -0.1) is 5.10 Å². The molecule has 2 aliphatic rings. The number of piperidine rings is 1. The quantitative estimate of drug-likeness (QED) is 0.854. The maximum Gasteiger partial charge on any atom is 0.254 e. The highest BCUT2D eigenvalue weighted by atomic mass is 16.2. The number of likely N-dealkylation sites (tertiary alicyclic amines) is 1. The van der Waals surface area contributed by atoms with E-state index in [1.807, 2.05) is 24.3 Å². The Labute approximate surface area is 135 Å². The van der Waals surface area contributed by atoms with Gasteiger partial charge in [-0.3, -0.25) is 4.79 Å². The Hall–Kier alpha value is -2.24. The van der Waals surface area contributed by atoms with Crippen LogP contribution >= 0.6 is 0 Å². The molecule has 2 aromatic rings. The fourth-order valence-electron chi connectivity index (χ4n) is 4.10. The number of fused-ring (bicyclic) bond motifs is 1. The maximum absolute atomic E-state index is 13.0. The van der Waals surface area contributed by atoms with Crippen molar-refractivity contribution in [2.75, 3.05) is 6.54 Å². The Morgan fingerprint density at radius 1 is 1.13 bits per heavy atom. The smallest absolute Gasteiger partial charge is 0.254 e. The first-order valence-corrected chi connectivity index (χ1v) is 8.47. The maximum atomic E-state index is 13.0. The molecule has 2 heterocycles. The minimum atomic E-state index is 0.150. The molecule has 2 atom stereocenters. The van der Waals surface area contributed by atoms with Crippen molar-refractivity contribution < 1.29 is 4.79 Å². The average molecular weight is 311 g/mol. The number of amides is 1. The topological polar surface area (TPSA) is 63.9 Å². The van der Waals surface area contributed by atoms with Crippen molar-refractivity contribution in [2.45, 2.75) is 44.6 Å². The normalized spacial score (nSPS) is 24.3. The predicted molar refractivity (Wildman–Crippen MR) is 85.2 cm³/mol. The zero-order chi connectivity index (χ0) is 15.6. The summed E-state index contributed by atoms with van der Waals surface area (Å²) in [6, 6.07) is 8.01. The van der Waals surface area contributed by atoms with E-state index in [9.17, 15) is 4.79 Å². The number of hydrogen-bond acceptors (Lipinski definition) is 4. The first kappa shape index (κ1) is 14.4. The monoisotopic (exact) mass is 311 g/mol. The van der Waals surface area contributed by atoms with E-state index in [0.717, 1.165) is 30.6 Å². The van der Waals surface area contributed by atoms with Crippen LogP contribution < -0.4 is 0 Å². The molecule has 120 valence electrons. The van der Waals surface area contributed by atoms with Gasteiger partial charge in [0.05, 0.1) is 5.69 Å². The molecule has 1 saturated heterocycles. The average Bonchev–Trinajstić information content (AvgIpc) is 3.15. The largest absolute Gasteiger partial charge is 0.335 e. The summed E-state index contributed by atoms with van der Waals surface area (Å²) in [4.78, 5) is 15.2. The standard InChI is InChI=1S/C17H21N5O/c23-17(21-10-4-7-13-5-1-2-9-16(13)21)14-6-3-8-15(11-14)22-12-18-19-20-22/h3,6,8,11-13,16H,1-2,4-5,7,9-10H2. The zero-order valence-corrected chi connectivity index (χ0v) is 13.1. The van der Waals surface area contributed by atoms with Crippen LogP contribution in [0.2, 0.25) is 0 Å². The third-order valence-electron chi connectivity index (χ3n) is 5.21. The van der Waals surface area contributed by atoms with Crippen LogP contribution in [-0.4, -0.2) is 43.6 Å². The summed E-state index contributed by atoms with van der Waals surface area (Å²) in [7, 11) is 0. The molecule has 1 aliphatic carbocycles. The first-order chi connectivity index (χ1) is 11.3. The number of carbonyl (C=O) groups is 1. The number of aromatic nitrogens is 4. The van der Waals surface area contributed by atoms with Gasteiger partial charge >= 0.3 is 0 Å². The molecule has 6 nitrogen and oxygen atoms in total. The van der Waals surface area contributed by atoms with Crippen LogP contribution in [-0.2, 0) is 0 Å². The molecule has 2 unspecified atom stereocenters. The molecule has 1 aromatic heterocycles. The van der Waals surface area contributed by atoms with Gasteiger partial charge in [0.2, 0.25) is 0 Å². The molecule has 6 heteroatoms. The van der Waals surface area contributed by atoms with Gasteiger partial charge in [-0.05, 0) is 60.2 Å². The van der Waals surface area contributed by atoms with Gasteiger partial charge in [-0.25, -0.2) is 4.68 Å². The van der Waals surface area contributed by atoms with Crippen LogP contribution in [0.4, 0.5) is 0 Å². The molecular formula is C17H21N5O. The molecule has 0 radical (unpaired) electrons. The Bertz CT molecular complexity index is 682. The van der Waals surface area contributed by atoms with Gasteiger partial charge in [-0.1, -0.05) is 18.9 Å². The van der Waals surface area contributed by atoms with E-state index >= 15 is 0 Å². The highest BCUT2D eigenvalue weighted by Crippen LogP contribution is 2.36. The van der Waals surface area contributed by atoms with Crippen molar-refractivity contribution in [1.29, 1.82) is 0 Å². The Balaban J connectivity index is 1.60. The Morgan fingerprint density at radius 2 is 2.00 bits per heavy atom. The lowest BCUT2D eigenvalue weighted by molar-refractivity contribution is 0.0390. The van der Waals surface area contributed by atoms with Crippen molar-refractivity contribution >= 4 is 5.91 Å². The van der Waals surface area contributed by atoms with E-state index < -0.39 is 0 Å². The van der Waals surface area contributed by atoms with Crippen molar-refractivity contribution in [3.63, 3.8) is 0 Å². The van der Waals surface area contributed by atoms with E-state index in [-0.39, 0.29) is 5.91 Å². The molecule has 0 spiro atoms. The molecule has 2 fully saturated rings. The van der Waals surface area contributed by atoms with Gasteiger partial charge in [-0.2, -0.15) is 0 Å². The summed E-state index contributed by atoms with van der Waals surface area (Å²) in [6.07, 6.45) is 8.94. The number of hydrogen-bond donors (Lipinski definition) is 0. The number of tetrazole rings is 1. The first-order valence-electron chi connectivity index (χ1n) is 8.47. The van der Waals surface area contributed by atoms with Crippen molar-refractivity contribution in [3.05, 3.63) is 36.2 Å². The molecular weight excluding hydrogens is 290 g/mol. The van der Waals surface area contributed by atoms with E-state index in [0.29, 0.717) is 12.0 Å². The summed E-state index contributed by atoms with van der Waals surface area (Å²) in [5.74, 6) is 0.848. The molecule has 1 saturated carbocycles. The van der Waals surface area contributed by atoms with Gasteiger partial charge < -0.3 is 4.90 Å². The van der Waals surface area contributed by atoms with Crippen molar-refractivity contribution in [2.24, 2.45) is 5.92 Å². The van der Waals surface area contributed by atoms with E-state index in [4.69, 9.17) is 0 Å². The summed E-state index contributed by atoms with van der Waals surface area (Å²) >= 11 is 0. The fourth-order valence-corrected chi connectivity index (χ4v) is 4.10. The zero-order valence-electron chi connectivity index (χ0n) is 13.1. The minimum absolute atomic E-state index is 0.150. The summed E-state index contributed by atoms with van der Waals surface area (Å²) in [5, 5.41) is 11.2. The van der Waals surface area contributed by atoms with E-state index in [1.54, 1.807) is 11.0 Å². The van der Waals surface area contributed by atoms with Crippen LogP contribution in [0.5, 0.6) is 0 Å². The van der Waals surface area contributed by atoms with Crippen molar-refractivity contribution in [3.8, 4) is 5.69 Å². The summed E-state index contributed by atoms with van der Waals surface area (Å²) < 4.78 is 1.58. The highest BCUT2D eigenvalue weighted by molar-refractivity contribution is 5.95.